The number of hydrogen-bond acceptors (Lipinski definition) is 1. The quantitative estimate of drug-likeness (QED) is 0.283. The van der Waals surface area contributed by atoms with Gasteiger partial charge in [-0.15, -0.1) is 0 Å². The van der Waals surface area contributed by atoms with E-state index in [1.165, 1.54) is 94.6 Å². The van der Waals surface area contributed by atoms with E-state index in [1.807, 2.05) is 0 Å². The molecule has 0 radical (unpaired) electrons. The molecule has 2 aliphatic carbocycles. The van der Waals surface area contributed by atoms with Crippen molar-refractivity contribution in [2.75, 3.05) is 0 Å². The molecular weight excluding hydrogens is 362 g/mol. The Hall–Kier alpha value is -1.55. The molecule has 2 saturated carbocycles. The van der Waals surface area contributed by atoms with Crippen molar-refractivity contribution in [3.8, 4) is 6.07 Å². The van der Waals surface area contributed by atoms with E-state index in [2.05, 4.69) is 43.3 Å². The third-order valence-electron chi connectivity index (χ3n) is 8.14. The summed E-state index contributed by atoms with van der Waals surface area (Å²) in [4.78, 5) is 0. The Bertz CT molecular complexity index is 649. The maximum atomic E-state index is 8.59. The molecule has 3 rings (SSSR count). The fourth-order valence-electron chi connectivity index (χ4n) is 6.07. The van der Waals surface area contributed by atoms with E-state index < -0.39 is 0 Å². The molecule has 0 saturated heterocycles. The summed E-state index contributed by atoms with van der Waals surface area (Å²) in [5.41, 5.74) is 2.98. The molecule has 0 aromatic heterocycles. The molecule has 0 unspecified atom stereocenters. The van der Waals surface area contributed by atoms with Crippen LogP contribution in [0, 0.1) is 35.0 Å². The second-order valence-electron chi connectivity index (χ2n) is 10.1. The van der Waals surface area contributed by atoms with Gasteiger partial charge >= 0.3 is 0 Å². The van der Waals surface area contributed by atoms with Crippen molar-refractivity contribution in [2.24, 2.45) is 23.7 Å². The number of rotatable bonds is 10. The summed E-state index contributed by atoms with van der Waals surface area (Å²) in [5, 5.41) is 8.59. The molecule has 2 fully saturated rings. The Kier molecular flexibility index (Phi) is 10.0. The van der Waals surface area contributed by atoms with Crippen molar-refractivity contribution < 1.29 is 0 Å². The van der Waals surface area contributed by atoms with Gasteiger partial charge in [0.2, 0.25) is 0 Å². The summed E-state index contributed by atoms with van der Waals surface area (Å²) < 4.78 is 0. The Morgan fingerprint density at radius 2 is 1.37 bits per heavy atom. The minimum Gasteiger partial charge on any atom is -0.193 e. The fraction of sp³-hybridized carbons (Fsp3) is 0.690. The first-order chi connectivity index (χ1) is 14.8. The molecule has 0 spiro atoms. The van der Waals surface area contributed by atoms with Crippen LogP contribution in [0.2, 0.25) is 0 Å². The normalized spacial score (nSPS) is 27.2. The van der Waals surface area contributed by atoms with Gasteiger partial charge in [-0.05, 0) is 92.6 Å². The third-order valence-corrected chi connectivity index (χ3v) is 8.14. The number of benzene rings is 1. The first-order valence-electron chi connectivity index (χ1n) is 12.9. The zero-order valence-corrected chi connectivity index (χ0v) is 19.3. The summed E-state index contributed by atoms with van der Waals surface area (Å²) in [6.45, 7) is 2.23. The topological polar surface area (TPSA) is 23.8 Å². The minimum atomic E-state index is 0.916. The lowest BCUT2D eigenvalue weighted by atomic mass is 9.68. The van der Waals surface area contributed by atoms with Crippen LogP contribution in [0.1, 0.15) is 102 Å². The Morgan fingerprint density at radius 3 is 1.93 bits per heavy atom. The van der Waals surface area contributed by atoms with Crippen LogP contribution >= 0.6 is 0 Å². The summed E-state index contributed by atoms with van der Waals surface area (Å²) in [6, 6.07) is 11.4. The summed E-state index contributed by atoms with van der Waals surface area (Å²) >= 11 is 0. The Balaban J connectivity index is 1.25. The fourth-order valence-corrected chi connectivity index (χ4v) is 6.07. The first kappa shape index (κ1) is 23.1. The molecule has 0 aliphatic heterocycles. The molecule has 2 aliphatic rings. The number of allylic oxidation sites excluding steroid dienone is 2. The van der Waals surface area contributed by atoms with Crippen LogP contribution in [-0.2, 0) is 12.8 Å². The lowest BCUT2D eigenvalue weighted by Gasteiger charge is -2.38. The van der Waals surface area contributed by atoms with E-state index >= 15 is 0 Å². The van der Waals surface area contributed by atoms with Gasteiger partial charge in [0.1, 0.15) is 0 Å². The molecule has 0 atom stereocenters. The minimum absolute atomic E-state index is 0.916. The molecular formula is C29H43N. The largest absolute Gasteiger partial charge is 0.193 e. The van der Waals surface area contributed by atoms with Gasteiger partial charge in [0.25, 0.3) is 0 Å². The summed E-state index contributed by atoms with van der Waals surface area (Å²) in [6.07, 6.45) is 24.5. The highest BCUT2D eigenvalue weighted by molar-refractivity contribution is 5.22. The average Bonchev–Trinajstić information content (AvgIpc) is 2.81. The van der Waals surface area contributed by atoms with Crippen LogP contribution in [0.15, 0.2) is 36.4 Å². The first-order valence-corrected chi connectivity index (χ1v) is 12.9. The maximum Gasteiger partial charge on any atom is 0.0908 e. The molecule has 0 amide bonds. The van der Waals surface area contributed by atoms with Gasteiger partial charge in [-0.25, -0.2) is 0 Å². The van der Waals surface area contributed by atoms with Gasteiger partial charge in [-0.3, -0.25) is 0 Å². The summed E-state index contributed by atoms with van der Waals surface area (Å²) in [5.74, 6) is 3.96. The van der Waals surface area contributed by atoms with Crippen LogP contribution in [0.5, 0.6) is 0 Å². The SMILES string of the molecule is CCc1ccc(CCCCC2CCC(C3CCC(CC/C=C/C#N)CC3)CC2)cc1. The third kappa shape index (κ3) is 7.61. The number of hydrogen-bond donors (Lipinski definition) is 0. The standard InChI is InChI=1S/C29H43N/c1-2-24-11-13-25(14-12-24)9-5-6-10-27-17-21-29(22-18-27)28-19-15-26(16-20-28)8-4-3-7-23-30/h3,7,11-14,26-29H,2,4-6,8-10,15-22H2,1H3/b7-3+. The number of nitrogens with zero attached hydrogens (tertiary/aromatic N) is 1. The van der Waals surface area contributed by atoms with Gasteiger partial charge in [0.05, 0.1) is 6.07 Å². The molecule has 0 bridgehead atoms. The van der Waals surface area contributed by atoms with Crippen molar-refractivity contribution in [1.29, 1.82) is 5.26 Å². The van der Waals surface area contributed by atoms with Gasteiger partial charge < -0.3 is 0 Å². The Morgan fingerprint density at radius 1 is 0.800 bits per heavy atom. The highest BCUT2D eigenvalue weighted by atomic mass is 14.4. The maximum absolute atomic E-state index is 8.59. The van der Waals surface area contributed by atoms with Crippen molar-refractivity contribution in [3.05, 3.63) is 47.5 Å². The van der Waals surface area contributed by atoms with Crippen molar-refractivity contribution >= 4 is 0 Å². The lowest BCUT2D eigenvalue weighted by molar-refractivity contribution is 0.140. The molecule has 0 heterocycles. The zero-order chi connectivity index (χ0) is 21.0. The molecule has 1 nitrogen and oxygen atoms in total. The number of aryl methyl sites for hydroxylation is 2. The highest BCUT2D eigenvalue weighted by Gasteiger charge is 2.30. The van der Waals surface area contributed by atoms with Gasteiger partial charge in [-0.1, -0.05) is 75.8 Å². The number of nitriles is 1. The van der Waals surface area contributed by atoms with E-state index in [0.29, 0.717) is 0 Å². The van der Waals surface area contributed by atoms with Crippen LogP contribution in [0.4, 0.5) is 0 Å². The van der Waals surface area contributed by atoms with Gasteiger partial charge in [0, 0.05) is 6.08 Å². The molecule has 1 heteroatoms. The molecule has 30 heavy (non-hydrogen) atoms. The van der Waals surface area contributed by atoms with Crippen molar-refractivity contribution in [1.82, 2.24) is 0 Å². The van der Waals surface area contributed by atoms with E-state index in [9.17, 15) is 0 Å². The van der Waals surface area contributed by atoms with E-state index in [-0.39, 0.29) is 0 Å². The molecule has 164 valence electrons. The van der Waals surface area contributed by atoms with Crippen LogP contribution in [-0.4, -0.2) is 0 Å². The van der Waals surface area contributed by atoms with Crippen LogP contribution in [0.3, 0.4) is 0 Å². The van der Waals surface area contributed by atoms with Gasteiger partial charge in [0.15, 0.2) is 0 Å². The predicted octanol–water partition coefficient (Wildman–Crippen LogP) is 8.43. The molecule has 0 N–H and O–H groups in total. The smallest absolute Gasteiger partial charge is 0.0908 e. The van der Waals surface area contributed by atoms with Crippen molar-refractivity contribution in [2.45, 2.75) is 103 Å². The monoisotopic (exact) mass is 405 g/mol. The van der Waals surface area contributed by atoms with Crippen LogP contribution < -0.4 is 0 Å². The molecule has 1 aromatic rings. The highest BCUT2D eigenvalue weighted by Crippen LogP contribution is 2.43. The van der Waals surface area contributed by atoms with Crippen molar-refractivity contribution in [3.63, 3.8) is 0 Å². The average molecular weight is 406 g/mol. The van der Waals surface area contributed by atoms with Crippen LogP contribution in [0.25, 0.3) is 0 Å². The second-order valence-corrected chi connectivity index (χ2v) is 10.1. The predicted molar refractivity (Wildman–Crippen MR) is 128 cm³/mol. The number of unbranched alkanes of at least 4 members (excludes halogenated alkanes) is 1. The second kappa shape index (κ2) is 13.0. The van der Waals surface area contributed by atoms with E-state index in [1.54, 1.807) is 6.08 Å². The van der Waals surface area contributed by atoms with Gasteiger partial charge in [-0.2, -0.15) is 5.26 Å². The Labute approximate surface area is 186 Å². The van der Waals surface area contributed by atoms with E-state index in [0.717, 1.165) is 36.5 Å². The summed E-state index contributed by atoms with van der Waals surface area (Å²) in [7, 11) is 0. The molecule has 1 aromatic carbocycles. The van der Waals surface area contributed by atoms with E-state index in [4.69, 9.17) is 5.26 Å². The zero-order valence-electron chi connectivity index (χ0n) is 19.3. The lowest BCUT2D eigenvalue weighted by Crippen LogP contribution is -2.25.